The molecule has 0 saturated carbocycles. The van der Waals surface area contributed by atoms with Crippen LogP contribution in [0.25, 0.3) is 0 Å². The highest BCUT2D eigenvalue weighted by Crippen LogP contribution is 2.43. The van der Waals surface area contributed by atoms with Crippen LogP contribution in [-0.4, -0.2) is 16.3 Å². The Balaban J connectivity index is 2.56. The van der Waals surface area contributed by atoms with Gasteiger partial charge in [-0.05, 0) is 20.3 Å². The molecule has 1 aliphatic heterocycles. The van der Waals surface area contributed by atoms with Crippen LogP contribution < -0.4 is 0 Å². The molecule has 0 aliphatic carbocycles. The lowest BCUT2D eigenvalue weighted by molar-refractivity contribution is 0.0348. The van der Waals surface area contributed by atoms with Crippen molar-refractivity contribution in [3.8, 4) is 0 Å². The molecule has 0 spiro atoms. The summed E-state index contributed by atoms with van der Waals surface area (Å²) in [6.07, 6.45) is 1.17. The van der Waals surface area contributed by atoms with E-state index >= 15 is 0 Å². The Hall–Kier alpha value is 0.310. The summed E-state index contributed by atoms with van der Waals surface area (Å²) >= 11 is 1.92. The van der Waals surface area contributed by atoms with Crippen molar-refractivity contribution in [2.75, 3.05) is 6.61 Å². The number of hydrogen-bond acceptors (Lipinski definition) is 2. The molecule has 2 heteroatoms. The molecule has 0 atom stereocenters. The second-order valence-corrected chi connectivity index (χ2v) is 6.15. The first-order valence-electron chi connectivity index (χ1n) is 3.75. The smallest absolute Gasteiger partial charge is 0.108 e. The first-order valence-corrected chi connectivity index (χ1v) is 4.57. The largest absolute Gasteiger partial charge is 0.365 e. The minimum Gasteiger partial charge on any atom is -0.365 e. The first kappa shape index (κ1) is 8.41. The molecule has 1 aliphatic rings. The second-order valence-electron chi connectivity index (χ2n) is 3.86. The minimum atomic E-state index is 0.0295. The summed E-state index contributed by atoms with van der Waals surface area (Å²) in [6, 6.07) is 0. The lowest BCUT2D eigenvalue weighted by Crippen LogP contribution is -2.35. The van der Waals surface area contributed by atoms with Gasteiger partial charge in [-0.15, -0.1) is 11.8 Å². The van der Waals surface area contributed by atoms with Crippen LogP contribution in [-0.2, 0) is 4.74 Å². The summed E-state index contributed by atoms with van der Waals surface area (Å²) in [7, 11) is 0. The lowest BCUT2D eigenvalue weighted by Gasteiger charge is -2.39. The fourth-order valence-corrected chi connectivity index (χ4v) is 2.95. The van der Waals surface area contributed by atoms with E-state index in [1.54, 1.807) is 0 Å². The predicted molar refractivity (Wildman–Crippen MR) is 46.3 cm³/mol. The Labute approximate surface area is 67.5 Å². The average molecular weight is 160 g/mol. The normalized spacial score (nSPS) is 30.0. The van der Waals surface area contributed by atoms with E-state index in [0.717, 1.165) is 6.61 Å². The third-order valence-corrected chi connectivity index (χ3v) is 3.04. The van der Waals surface area contributed by atoms with Crippen molar-refractivity contribution in [2.45, 2.75) is 43.8 Å². The number of rotatable bonds is 0. The van der Waals surface area contributed by atoms with Gasteiger partial charge in [0.05, 0.1) is 0 Å². The molecular weight excluding hydrogens is 144 g/mol. The molecular formula is C8H16OS. The third-order valence-electron chi connectivity index (χ3n) is 1.68. The third kappa shape index (κ3) is 2.17. The second kappa shape index (κ2) is 2.42. The quantitative estimate of drug-likeness (QED) is 0.539. The molecule has 1 fully saturated rings. The summed E-state index contributed by atoms with van der Waals surface area (Å²) in [5.41, 5.74) is 0. The molecule has 1 saturated heterocycles. The van der Waals surface area contributed by atoms with Gasteiger partial charge < -0.3 is 4.74 Å². The topological polar surface area (TPSA) is 9.23 Å². The molecule has 0 bridgehead atoms. The van der Waals surface area contributed by atoms with E-state index in [-0.39, 0.29) is 4.93 Å². The summed E-state index contributed by atoms with van der Waals surface area (Å²) in [4.78, 5) is 0.0295. The van der Waals surface area contributed by atoms with Crippen LogP contribution in [0.3, 0.4) is 0 Å². The maximum absolute atomic E-state index is 5.56. The summed E-state index contributed by atoms with van der Waals surface area (Å²) in [6.45, 7) is 9.74. The molecule has 1 heterocycles. The Morgan fingerprint density at radius 2 is 1.80 bits per heavy atom. The molecule has 1 nitrogen and oxygen atoms in total. The van der Waals surface area contributed by atoms with Crippen molar-refractivity contribution in [1.29, 1.82) is 0 Å². The van der Waals surface area contributed by atoms with Gasteiger partial charge >= 0.3 is 0 Å². The molecule has 1 rings (SSSR count). The summed E-state index contributed by atoms with van der Waals surface area (Å²) < 4.78 is 5.97. The number of thioether (sulfide) groups is 1. The molecule has 0 amide bonds. The van der Waals surface area contributed by atoms with E-state index in [1.165, 1.54) is 6.42 Å². The molecule has 60 valence electrons. The van der Waals surface area contributed by atoms with E-state index in [9.17, 15) is 0 Å². The molecule has 0 radical (unpaired) electrons. The van der Waals surface area contributed by atoms with Crippen LogP contribution in [0.5, 0.6) is 0 Å². The zero-order valence-corrected chi connectivity index (χ0v) is 8.05. The maximum atomic E-state index is 5.56. The molecule has 0 aromatic rings. The van der Waals surface area contributed by atoms with Gasteiger partial charge in [0, 0.05) is 11.4 Å². The van der Waals surface area contributed by atoms with Crippen LogP contribution in [0.1, 0.15) is 34.1 Å². The monoisotopic (exact) mass is 160 g/mol. The van der Waals surface area contributed by atoms with E-state index in [0.29, 0.717) is 4.75 Å². The van der Waals surface area contributed by atoms with Crippen molar-refractivity contribution in [3.05, 3.63) is 0 Å². The zero-order valence-electron chi connectivity index (χ0n) is 7.23. The van der Waals surface area contributed by atoms with Crippen molar-refractivity contribution in [3.63, 3.8) is 0 Å². The van der Waals surface area contributed by atoms with Gasteiger partial charge in [-0.3, -0.25) is 0 Å². The predicted octanol–water partition coefficient (Wildman–Crippen LogP) is 2.65. The van der Waals surface area contributed by atoms with Crippen LogP contribution in [0, 0.1) is 0 Å². The fourth-order valence-electron chi connectivity index (χ4n) is 1.29. The van der Waals surface area contributed by atoms with Crippen molar-refractivity contribution < 1.29 is 4.74 Å². The SMILES string of the molecule is CC1(C)CCOC(C)(C)S1. The van der Waals surface area contributed by atoms with Crippen molar-refractivity contribution >= 4 is 11.8 Å². The summed E-state index contributed by atoms with van der Waals surface area (Å²) in [5.74, 6) is 0. The minimum absolute atomic E-state index is 0.0295. The van der Waals surface area contributed by atoms with E-state index in [4.69, 9.17) is 4.74 Å². The van der Waals surface area contributed by atoms with Gasteiger partial charge in [0.2, 0.25) is 0 Å². The van der Waals surface area contributed by atoms with Crippen molar-refractivity contribution in [2.24, 2.45) is 0 Å². The molecule has 10 heavy (non-hydrogen) atoms. The Kier molecular flexibility index (Phi) is 2.03. The fraction of sp³-hybridized carbons (Fsp3) is 1.00. The number of hydrogen-bond donors (Lipinski definition) is 0. The van der Waals surface area contributed by atoms with E-state index in [1.807, 2.05) is 11.8 Å². The van der Waals surface area contributed by atoms with Crippen LogP contribution in [0.2, 0.25) is 0 Å². The molecule has 0 aromatic carbocycles. The Morgan fingerprint density at radius 1 is 1.20 bits per heavy atom. The van der Waals surface area contributed by atoms with Crippen LogP contribution in [0.4, 0.5) is 0 Å². The zero-order chi connectivity index (χ0) is 7.83. The highest BCUT2D eigenvalue weighted by atomic mass is 32.2. The number of ether oxygens (including phenoxy) is 1. The Bertz CT molecular complexity index is 115. The van der Waals surface area contributed by atoms with Gasteiger partial charge in [0.15, 0.2) is 0 Å². The maximum Gasteiger partial charge on any atom is 0.108 e. The molecule has 0 unspecified atom stereocenters. The van der Waals surface area contributed by atoms with Crippen molar-refractivity contribution in [1.82, 2.24) is 0 Å². The van der Waals surface area contributed by atoms with Gasteiger partial charge in [0.25, 0.3) is 0 Å². The molecule has 0 aromatic heterocycles. The highest BCUT2D eigenvalue weighted by molar-refractivity contribution is 8.01. The van der Waals surface area contributed by atoms with Gasteiger partial charge in [-0.1, -0.05) is 13.8 Å². The average Bonchev–Trinajstić information content (AvgIpc) is 1.56. The lowest BCUT2D eigenvalue weighted by atomic mass is 10.1. The molecule has 0 N–H and O–H groups in total. The standard InChI is InChI=1S/C8H16OS/c1-7(2)5-6-9-8(3,4)10-7/h5-6H2,1-4H3. The van der Waals surface area contributed by atoms with Gasteiger partial charge in [-0.2, -0.15) is 0 Å². The summed E-state index contributed by atoms with van der Waals surface area (Å²) in [5, 5.41) is 0. The van der Waals surface area contributed by atoms with Crippen LogP contribution in [0.15, 0.2) is 0 Å². The highest BCUT2D eigenvalue weighted by Gasteiger charge is 2.34. The first-order chi connectivity index (χ1) is 4.41. The van der Waals surface area contributed by atoms with Gasteiger partial charge in [0.1, 0.15) is 4.93 Å². The van der Waals surface area contributed by atoms with E-state index in [2.05, 4.69) is 27.7 Å². The Morgan fingerprint density at radius 3 is 2.10 bits per heavy atom. The van der Waals surface area contributed by atoms with Gasteiger partial charge in [-0.25, -0.2) is 0 Å². The van der Waals surface area contributed by atoms with Crippen LogP contribution >= 0.6 is 11.8 Å². The van der Waals surface area contributed by atoms with E-state index < -0.39 is 0 Å².